The molecule has 14 heavy (non-hydrogen) atoms. The Morgan fingerprint density at radius 2 is 1.14 bits per heavy atom. The zero-order valence-electron chi connectivity index (χ0n) is 9.00. The lowest BCUT2D eigenvalue weighted by Crippen LogP contribution is -2.11. The van der Waals surface area contributed by atoms with Crippen LogP contribution in [0.1, 0.15) is 6.92 Å². The molecular weight excluding hydrogens is 184 g/mol. The molecule has 4 heteroatoms. The molecule has 0 aromatic heterocycles. The normalized spacial score (nSPS) is 10.7. The number of hydrogen-bond donors (Lipinski definition) is 0. The first-order valence-corrected chi connectivity index (χ1v) is 5.02. The molecule has 0 unspecified atom stereocenters. The fourth-order valence-corrected chi connectivity index (χ4v) is 0.804. The molecule has 0 aliphatic carbocycles. The Labute approximate surface area is 86.5 Å². The molecule has 0 heterocycles. The van der Waals surface area contributed by atoms with Crippen LogP contribution in [-0.4, -0.2) is 52.9 Å². The molecule has 0 amide bonds. The average Bonchev–Trinajstić information content (AvgIpc) is 2.21. The van der Waals surface area contributed by atoms with Crippen molar-refractivity contribution in [2.75, 3.05) is 52.9 Å². The van der Waals surface area contributed by atoms with Crippen LogP contribution in [0.15, 0.2) is 0 Å². The smallest absolute Gasteiger partial charge is 0.0701 e. The molecule has 0 aliphatic heterocycles. The summed E-state index contributed by atoms with van der Waals surface area (Å²) >= 11 is 0. The Kier molecular flexibility index (Phi) is 12.7. The molecule has 0 spiro atoms. The molecule has 0 atom stereocenters. The van der Waals surface area contributed by atoms with E-state index >= 15 is 0 Å². The average molecular weight is 205 g/mol. The SMILES string of the molecule is [CH2]COCCOCCOCCOCC. The van der Waals surface area contributed by atoms with E-state index in [4.69, 9.17) is 18.9 Å². The summed E-state index contributed by atoms with van der Waals surface area (Å²) in [6.45, 7) is 10.4. The van der Waals surface area contributed by atoms with Gasteiger partial charge in [0.2, 0.25) is 0 Å². The highest BCUT2D eigenvalue weighted by atomic mass is 16.6. The van der Waals surface area contributed by atoms with Gasteiger partial charge in [0.05, 0.1) is 39.6 Å². The van der Waals surface area contributed by atoms with E-state index in [0.717, 1.165) is 6.61 Å². The highest BCUT2D eigenvalue weighted by Gasteiger charge is 1.90. The Morgan fingerprint density at radius 3 is 1.57 bits per heavy atom. The lowest BCUT2D eigenvalue weighted by Gasteiger charge is -2.05. The van der Waals surface area contributed by atoms with Crippen molar-refractivity contribution < 1.29 is 18.9 Å². The van der Waals surface area contributed by atoms with Gasteiger partial charge in [-0.2, -0.15) is 0 Å². The quantitative estimate of drug-likeness (QED) is 0.470. The Bertz CT molecular complexity index is 86.1. The van der Waals surface area contributed by atoms with Crippen LogP contribution in [0.5, 0.6) is 0 Å². The van der Waals surface area contributed by atoms with Crippen molar-refractivity contribution in [1.82, 2.24) is 0 Å². The van der Waals surface area contributed by atoms with E-state index in [1.54, 1.807) is 0 Å². The molecule has 0 N–H and O–H groups in total. The van der Waals surface area contributed by atoms with Crippen LogP contribution >= 0.6 is 0 Å². The molecule has 0 fully saturated rings. The summed E-state index contributed by atoms with van der Waals surface area (Å²) in [6, 6.07) is 0. The Hall–Kier alpha value is -0.160. The lowest BCUT2D eigenvalue weighted by molar-refractivity contribution is 0.00225. The minimum absolute atomic E-state index is 0.494. The van der Waals surface area contributed by atoms with Crippen LogP contribution in [0.2, 0.25) is 0 Å². The maximum atomic E-state index is 5.24. The van der Waals surface area contributed by atoms with Gasteiger partial charge in [-0.25, -0.2) is 0 Å². The molecule has 0 bridgehead atoms. The molecule has 0 saturated heterocycles. The van der Waals surface area contributed by atoms with Crippen molar-refractivity contribution in [2.24, 2.45) is 0 Å². The van der Waals surface area contributed by atoms with Crippen molar-refractivity contribution in [3.63, 3.8) is 0 Å². The van der Waals surface area contributed by atoms with Crippen molar-refractivity contribution in [1.29, 1.82) is 0 Å². The molecule has 0 aromatic rings. The third-order valence-electron chi connectivity index (χ3n) is 1.46. The minimum atomic E-state index is 0.494. The van der Waals surface area contributed by atoms with E-state index in [-0.39, 0.29) is 0 Å². The van der Waals surface area contributed by atoms with Crippen LogP contribution in [0.25, 0.3) is 0 Å². The van der Waals surface area contributed by atoms with E-state index in [2.05, 4.69) is 6.92 Å². The van der Waals surface area contributed by atoms with Gasteiger partial charge in [-0.3, -0.25) is 0 Å². The van der Waals surface area contributed by atoms with Crippen molar-refractivity contribution in [2.45, 2.75) is 6.92 Å². The van der Waals surface area contributed by atoms with Gasteiger partial charge in [-0.1, -0.05) is 0 Å². The van der Waals surface area contributed by atoms with Gasteiger partial charge in [-0.05, 0) is 13.8 Å². The fraction of sp³-hybridized carbons (Fsp3) is 0.900. The monoisotopic (exact) mass is 205 g/mol. The van der Waals surface area contributed by atoms with Crippen LogP contribution in [-0.2, 0) is 18.9 Å². The summed E-state index contributed by atoms with van der Waals surface area (Å²) in [5.41, 5.74) is 0. The van der Waals surface area contributed by atoms with Crippen LogP contribution in [0, 0.1) is 6.92 Å². The number of hydrogen-bond acceptors (Lipinski definition) is 4. The standard InChI is InChI=1S/C10H21O4/c1-3-11-5-7-13-9-10-14-8-6-12-4-2/h1,3-10H2,2H3. The molecule has 0 saturated carbocycles. The van der Waals surface area contributed by atoms with Gasteiger partial charge in [0.25, 0.3) is 0 Å². The molecule has 1 radical (unpaired) electrons. The Morgan fingerprint density at radius 1 is 0.714 bits per heavy atom. The molecule has 85 valence electrons. The predicted molar refractivity (Wildman–Crippen MR) is 54.3 cm³/mol. The van der Waals surface area contributed by atoms with Gasteiger partial charge in [0, 0.05) is 13.2 Å². The second-order valence-corrected chi connectivity index (χ2v) is 2.53. The summed E-state index contributed by atoms with van der Waals surface area (Å²) < 4.78 is 20.6. The third-order valence-corrected chi connectivity index (χ3v) is 1.46. The first-order valence-electron chi connectivity index (χ1n) is 5.02. The maximum Gasteiger partial charge on any atom is 0.0701 e. The summed E-state index contributed by atoms with van der Waals surface area (Å²) in [4.78, 5) is 0. The summed E-state index contributed by atoms with van der Waals surface area (Å²) in [5.74, 6) is 0. The van der Waals surface area contributed by atoms with E-state index in [1.807, 2.05) is 6.92 Å². The van der Waals surface area contributed by atoms with Crippen molar-refractivity contribution in [3.8, 4) is 0 Å². The zero-order valence-corrected chi connectivity index (χ0v) is 9.00. The minimum Gasteiger partial charge on any atom is -0.379 e. The highest BCUT2D eigenvalue weighted by molar-refractivity contribution is 4.35. The van der Waals surface area contributed by atoms with Gasteiger partial charge in [0.1, 0.15) is 0 Å². The number of rotatable bonds is 11. The second kappa shape index (κ2) is 12.8. The first kappa shape index (κ1) is 13.8. The largest absolute Gasteiger partial charge is 0.379 e. The number of ether oxygens (including phenoxy) is 4. The third kappa shape index (κ3) is 11.8. The fourth-order valence-electron chi connectivity index (χ4n) is 0.804. The predicted octanol–water partition coefficient (Wildman–Crippen LogP) is 0.907. The lowest BCUT2D eigenvalue weighted by atomic mass is 10.7. The van der Waals surface area contributed by atoms with Gasteiger partial charge in [-0.15, -0.1) is 0 Å². The van der Waals surface area contributed by atoms with E-state index in [9.17, 15) is 0 Å². The van der Waals surface area contributed by atoms with E-state index in [0.29, 0.717) is 46.2 Å². The first-order chi connectivity index (χ1) is 6.91. The second-order valence-electron chi connectivity index (χ2n) is 2.53. The van der Waals surface area contributed by atoms with Crippen molar-refractivity contribution in [3.05, 3.63) is 6.92 Å². The Balaban J connectivity index is 2.78. The topological polar surface area (TPSA) is 36.9 Å². The van der Waals surface area contributed by atoms with Crippen LogP contribution in [0.3, 0.4) is 0 Å². The maximum absolute atomic E-state index is 5.24. The van der Waals surface area contributed by atoms with E-state index in [1.165, 1.54) is 0 Å². The van der Waals surface area contributed by atoms with Gasteiger partial charge < -0.3 is 18.9 Å². The van der Waals surface area contributed by atoms with Crippen LogP contribution in [0.4, 0.5) is 0 Å². The summed E-state index contributed by atoms with van der Waals surface area (Å²) in [5, 5.41) is 0. The zero-order chi connectivity index (χ0) is 10.5. The molecule has 0 rings (SSSR count). The van der Waals surface area contributed by atoms with Crippen molar-refractivity contribution >= 4 is 0 Å². The van der Waals surface area contributed by atoms with Crippen LogP contribution < -0.4 is 0 Å². The molecule has 0 aromatic carbocycles. The summed E-state index contributed by atoms with van der Waals surface area (Å²) in [6.07, 6.45) is 0. The van der Waals surface area contributed by atoms with E-state index < -0.39 is 0 Å². The summed E-state index contributed by atoms with van der Waals surface area (Å²) in [7, 11) is 0. The van der Waals surface area contributed by atoms with Gasteiger partial charge in [0.15, 0.2) is 0 Å². The molecular formula is C10H21O4. The highest BCUT2D eigenvalue weighted by Crippen LogP contribution is 1.81. The molecule has 0 aliphatic rings. The molecule has 4 nitrogen and oxygen atoms in total. The van der Waals surface area contributed by atoms with Gasteiger partial charge >= 0.3 is 0 Å².